The molecule has 0 bridgehead atoms. The number of Topliss-reactive ketones (excluding diaryl/α,β-unsaturated/α-hetero) is 1. The van der Waals surface area contributed by atoms with Gasteiger partial charge in [-0.15, -0.1) is 0 Å². The van der Waals surface area contributed by atoms with Crippen molar-refractivity contribution in [2.75, 3.05) is 18.4 Å². The number of aliphatic hydroxyl groups excluding tert-OH is 1. The van der Waals surface area contributed by atoms with Crippen LogP contribution in [0.2, 0.25) is 0 Å². The van der Waals surface area contributed by atoms with E-state index in [0.717, 1.165) is 0 Å². The molecule has 0 radical (unpaired) electrons. The summed E-state index contributed by atoms with van der Waals surface area (Å²) in [7, 11) is 0. The van der Waals surface area contributed by atoms with Gasteiger partial charge in [-0.2, -0.15) is 5.26 Å². The number of carbonyl (C=O) groups is 3. The Morgan fingerprint density at radius 3 is 2.35 bits per heavy atom. The number of hydrogen-bond donors (Lipinski definition) is 2. The summed E-state index contributed by atoms with van der Waals surface area (Å²) in [4.78, 5) is 38.6. The lowest BCUT2D eigenvalue weighted by Crippen LogP contribution is -2.28. The molecule has 31 heavy (non-hydrogen) atoms. The van der Waals surface area contributed by atoms with Gasteiger partial charge in [-0.3, -0.25) is 14.4 Å². The Morgan fingerprint density at radius 1 is 1.19 bits per heavy atom. The first-order valence-electron chi connectivity index (χ1n) is 9.80. The highest BCUT2D eigenvalue weighted by Crippen LogP contribution is 2.34. The largest absolute Gasteiger partial charge is 0.511 e. The van der Waals surface area contributed by atoms with Crippen molar-refractivity contribution < 1.29 is 23.9 Å². The van der Waals surface area contributed by atoms with Crippen molar-refractivity contribution in [1.29, 1.82) is 5.26 Å². The standard InChI is InChI=1S/C23H25N3O5/c1-6-26(7-2)20(29)10-13(3)16-8-9-19-17(11-16)21(22(31-19)15(5)28)25-23(30)18(12-24)14(4)27/h8-11,27H,6-7H2,1-5H3,(H,25,30). The Bertz CT molecular complexity index is 1140. The van der Waals surface area contributed by atoms with Crippen LogP contribution in [-0.4, -0.2) is 40.7 Å². The molecule has 0 saturated carbocycles. The van der Waals surface area contributed by atoms with E-state index in [9.17, 15) is 19.5 Å². The molecule has 0 spiro atoms. The third-order valence-corrected chi connectivity index (χ3v) is 4.82. The molecule has 2 N–H and O–H groups in total. The van der Waals surface area contributed by atoms with E-state index in [-0.39, 0.29) is 17.4 Å². The molecule has 1 heterocycles. The number of aliphatic hydroxyl groups is 1. The van der Waals surface area contributed by atoms with Crippen LogP contribution in [0.15, 0.2) is 40.0 Å². The average molecular weight is 423 g/mol. The lowest BCUT2D eigenvalue weighted by molar-refractivity contribution is -0.125. The predicted molar refractivity (Wildman–Crippen MR) is 117 cm³/mol. The summed E-state index contributed by atoms with van der Waals surface area (Å²) in [6.07, 6.45) is 1.53. The fraction of sp³-hybridized carbons (Fsp3) is 0.304. The Kier molecular flexibility index (Phi) is 7.37. The van der Waals surface area contributed by atoms with Crippen LogP contribution < -0.4 is 5.32 Å². The van der Waals surface area contributed by atoms with Crippen LogP contribution in [0.1, 0.15) is 50.7 Å². The van der Waals surface area contributed by atoms with Crippen LogP contribution in [-0.2, 0) is 9.59 Å². The number of likely N-dealkylation sites (N-methyl/N-ethyl adjacent to an activating group) is 1. The molecule has 0 aliphatic heterocycles. The van der Waals surface area contributed by atoms with E-state index < -0.39 is 23.0 Å². The van der Waals surface area contributed by atoms with E-state index in [2.05, 4.69) is 5.32 Å². The third-order valence-electron chi connectivity index (χ3n) is 4.82. The maximum absolute atomic E-state index is 12.4. The smallest absolute Gasteiger partial charge is 0.269 e. The van der Waals surface area contributed by atoms with Crippen molar-refractivity contribution in [3.8, 4) is 6.07 Å². The summed E-state index contributed by atoms with van der Waals surface area (Å²) in [6.45, 7) is 9.29. The normalized spacial score (nSPS) is 12.2. The van der Waals surface area contributed by atoms with Crippen molar-refractivity contribution in [3.05, 3.63) is 46.9 Å². The first-order chi connectivity index (χ1) is 14.6. The minimum Gasteiger partial charge on any atom is -0.511 e. The average Bonchev–Trinajstić information content (AvgIpc) is 3.07. The van der Waals surface area contributed by atoms with Gasteiger partial charge >= 0.3 is 0 Å². The van der Waals surface area contributed by atoms with Crippen molar-refractivity contribution in [2.45, 2.75) is 34.6 Å². The summed E-state index contributed by atoms with van der Waals surface area (Å²) >= 11 is 0. The molecule has 0 aliphatic carbocycles. The second kappa shape index (κ2) is 9.76. The number of anilines is 1. The number of benzene rings is 1. The van der Waals surface area contributed by atoms with Gasteiger partial charge in [0.2, 0.25) is 5.91 Å². The molecule has 1 aromatic carbocycles. The number of ketones is 1. The van der Waals surface area contributed by atoms with Gasteiger partial charge in [0.15, 0.2) is 17.1 Å². The molecule has 162 valence electrons. The van der Waals surface area contributed by atoms with Crippen LogP contribution in [0.25, 0.3) is 16.5 Å². The van der Waals surface area contributed by atoms with Crippen molar-refractivity contribution in [1.82, 2.24) is 4.90 Å². The lowest BCUT2D eigenvalue weighted by Gasteiger charge is -2.16. The van der Waals surface area contributed by atoms with E-state index >= 15 is 0 Å². The topological polar surface area (TPSA) is 124 Å². The molecule has 2 aromatic rings. The summed E-state index contributed by atoms with van der Waals surface area (Å²) < 4.78 is 5.60. The number of rotatable bonds is 7. The van der Waals surface area contributed by atoms with Gasteiger partial charge in [0, 0.05) is 31.5 Å². The van der Waals surface area contributed by atoms with Gasteiger partial charge in [0.05, 0.1) is 5.69 Å². The Hall–Kier alpha value is -3.86. The van der Waals surface area contributed by atoms with Crippen LogP contribution in [0.3, 0.4) is 0 Å². The molecule has 0 aliphatic rings. The monoisotopic (exact) mass is 423 g/mol. The number of fused-ring (bicyclic) bond motifs is 1. The minimum atomic E-state index is -0.859. The third kappa shape index (κ3) is 5.01. The van der Waals surface area contributed by atoms with E-state index in [1.54, 1.807) is 36.1 Å². The van der Waals surface area contributed by atoms with E-state index in [4.69, 9.17) is 9.68 Å². The number of furan rings is 1. The predicted octanol–water partition coefficient (Wildman–Crippen LogP) is 4.20. The van der Waals surface area contributed by atoms with Gasteiger partial charge in [0.25, 0.3) is 5.91 Å². The van der Waals surface area contributed by atoms with Crippen LogP contribution in [0.4, 0.5) is 5.69 Å². The zero-order valence-electron chi connectivity index (χ0n) is 18.2. The minimum absolute atomic E-state index is 0.0748. The molecule has 0 unspecified atom stereocenters. The fourth-order valence-electron chi connectivity index (χ4n) is 3.08. The van der Waals surface area contributed by atoms with Crippen molar-refractivity contribution in [2.24, 2.45) is 0 Å². The lowest BCUT2D eigenvalue weighted by atomic mass is 10.0. The zero-order valence-corrected chi connectivity index (χ0v) is 18.2. The molecule has 0 fully saturated rings. The highest BCUT2D eigenvalue weighted by Gasteiger charge is 2.23. The summed E-state index contributed by atoms with van der Waals surface area (Å²) in [6, 6.07) is 6.73. The number of allylic oxidation sites excluding steroid dienone is 2. The number of nitriles is 1. The Balaban J connectivity index is 2.57. The SMILES string of the molecule is CCN(CC)C(=O)C=C(C)c1ccc2oc(C(C)=O)c(NC(=O)C(C#N)=C(C)O)c2c1. The second-order valence-electron chi connectivity index (χ2n) is 6.94. The summed E-state index contributed by atoms with van der Waals surface area (Å²) in [5, 5.41) is 21.6. The van der Waals surface area contributed by atoms with Gasteiger partial charge in [-0.1, -0.05) is 6.07 Å². The Labute approximate surface area is 180 Å². The molecular formula is C23H25N3O5. The summed E-state index contributed by atoms with van der Waals surface area (Å²) in [5.41, 5.74) is 1.39. The van der Waals surface area contributed by atoms with Crippen LogP contribution in [0.5, 0.6) is 0 Å². The first-order valence-corrected chi connectivity index (χ1v) is 9.80. The molecule has 2 amide bonds. The molecule has 0 atom stereocenters. The van der Waals surface area contributed by atoms with Gasteiger partial charge in [0.1, 0.15) is 17.4 Å². The van der Waals surface area contributed by atoms with E-state index in [0.29, 0.717) is 35.2 Å². The molecule has 0 saturated heterocycles. The van der Waals surface area contributed by atoms with Crippen molar-refractivity contribution >= 4 is 39.8 Å². The zero-order chi connectivity index (χ0) is 23.3. The molecular weight excluding hydrogens is 398 g/mol. The number of nitrogens with zero attached hydrogens (tertiary/aromatic N) is 2. The number of nitrogens with one attached hydrogen (secondary N) is 1. The Morgan fingerprint density at radius 2 is 1.84 bits per heavy atom. The van der Waals surface area contributed by atoms with Gasteiger partial charge < -0.3 is 19.7 Å². The second-order valence-corrected chi connectivity index (χ2v) is 6.94. The van der Waals surface area contributed by atoms with E-state index in [1.165, 1.54) is 19.9 Å². The number of hydrogen-bond acceptors (Lipinski definition) is 6. The van der Waals surface area contributed by atoms with Gasteiger partial charge in [-0.05, 0) is 51.0 Å². The van der Waals surface area contributed by atoms with Gasteiger partial charge in [-0.25, -0.2) is 0 Å². The molecule has 1 aromatic heterocycles. The quantitative estimate of drug-likeness (QED) is 0.298. The number of amides is 2. The van der Waals surface area contributed by atoms with E-state index in [1.807, 2.05) is 13.8 Å². The maximum Gasteiger partial charge on any atom is 0.269 e. The molecule has 2 rings (SSSR count). The summed E-state index contributed by atoms with van der Waals surface area (Å²) in [5.74, 6) is -1.90. The maximum atomic E-state index is 12.4. The highest BCUT2D eigenvalue weighted by atomic mass is 16.3. The van der Waals surface area contributed by atoms with Crippen LogP contribution in [0, 0.1) is 11.3 Å². The molecule has 8 nitrogen and oxygen atoms in total. The molecule has 8 heteroatoms. The fourth-order valence-corrected chi connectivity index (χ4v) is 3.08. The van der Waals surface area contributed by atoms with Crippen LogP contribution >= 0.6 is 0 Å². The van der Waals surface area contributed by atoms with Crippen molar-refractivity contribution in [3.63, 3.8) is 0 Å². The number of carbonyl (C=O) groups excluding carboxylic acids is 3. The first kappa shape index (κ1) is 23.4. The highest BCUT2D eigenvalue weighted by molar-refractivity contribution is 6.15.